The van der Waals surface area contributed by atoms with Gasteiger partial charge in [0.25, 0.3) is 0 Å². The van der Waals surface area contributed by atoms with Crippen LogP contribution in [0, 0.1) is 27.7 Å². The van der Waals surface area contributed by atoms with Crippen LogP contribution in [0.25, 0.3) is 0 Å². The molecule has 0 aliphatic heterocycles. The molecule has 2 aromatic rings. The maximum absolute atomic E-state index is 3.09. The molecule has 0 atom stereocenters. The zero-order valence-corrected chi connectivity index (χ0v) is 19.0. The topological polar surface area (TPSA) is 16.3 Å². The molecule has 0 radical (unpaired) electrons. The van der Waals surface area contributed by atoms with Crippen molar-refractivity contribution in [1.82, 2.24) is 12.9 Å². The third kappa shape index (κ3) is 3.19. The van der Waals surface area contributed by atoms with Crippen molar-refractivity contribution in [3.63, 3.8) is 0 Å². The van der Waals surface area contributed by atoms with Gasteiger partial charge in [0.15, 0.2) is 0 Å². The summed E-state index contributed by atoms with van der Waals surface area (Å²) in [6.07, 6.45) is 0. The van der Waals surface area contributed by atoms with E-state index in [1.807, 2.05) is 0 Å². The molecule has 0 unspecified atom stereocenters. The van der Waals surface area contributed by atoms with Gasteiger partial charge in [0, 0.05) is 0 Å². The van der Waals surface area contributed by atoms with E-state index >= 15 is 0 Å². The summed E-state index contributed by atoms with van der Waals surface area (Å²) in [6.45, 7) is 22.6. The van der Waals surface area contributed by atoms with E-state index in [0.29, 0.717) is 0 Å². The molecule has 140 valence electrons. The van der Waals surface area contributed by atoms with Crippen LogP contribution in [0.15, 0.2) is 24.3 Å². The van der Waals surface area contributed by atoms with E-state index in [1.54, 1.807) is 0 Å². The summed E-state index contributed by atoms with van der Waals surface area (Å²) in [5, 5.41) is 0. The van der Waals surface area contributed by atoms with E-state index in [2.05, 4.69) is 92.5 Å². The van der Waals surface area contributed by atoms with Crippen molar-refractivity contribution in [1.29, 1.82) is 0 Å². The Labute approximate surface area is 159 Å². The summed E-state index contributed by atoms with van der Waals surface area (Å²) in [7, 11) is 0. The zero-order valence-electron chi connectivity index (χ0n) is 17.4. The van der Waals surface area contributed by atoms with Gasteiger partial charge in [-0.25, -0.2) is 0 Å². The first-order valence-electron chi connectivity index (χ1n) is 9.70. The molecule has 5 heteroatoms. The Hall–Kier alpha value is -0.806. The SMILES string of the molecule is CC[N](CC)[Ti]([N](CC)CC)([n]1c(C)ccc1C)[n]1c(C)ccc1C. The molecule has 0 saturated carbocycles. The van der Waals surface area contributed by atoms with Crippen LogP contribution in [0.3, 0.4) is 0 Å². The van der Waals surface area contributed by atoms with E-state index in [-0.39, 0.29) is 0 Å². The molecule has 0 aliphatic carbocycles. The Morgan fingerprint density at radius 3 is 1.04 bits per heavy atom. The zero-order chi connectivity index (χ0) is 18.8. The minimum atomic E-state index is -3.09. The van der Waals surface area contributed by atoms with Crippen molar-refractivity contribution in [2.45, 2.75) is 55.4 Å². The van der Waals surface area contributed by atoms with Crippen molar-refractivity contribution in [2.24, 2.45) is 0 Å². The van der Waals surface area contributed by atoms with Gasteiger partial charge in [0.05, 0.1) is 0 Å². The second-order valence-electron chi connectivity index (χ2n) is 6.85. The Bertz CT molecular complexity index is 593. The molecule has 0 fully saturated rings. The van der Waals surface area contributed by atoms with E-state index in [9.17, 15) is 0 Å². The minimum absolute atomic E-state index is 1.07. The van der Waals surface area contributed by atoms with Gasteiger partial charge in [-0.2, -0.15) is 0 Å². The van der Waals surface area contributed by atoms with Crippen LogP contribution in [0.4, 0.5) is 0 Å². The van der Waals surface area contributed by atoms with Gasteiger partial charge in [-0.05, 0) is 0 Å². The van der Waals surface area contributed by atoms with Gasteiger partial charge in [-0.3, -0.25) is 0 Å². The van der Waals surface area contributed by atoms with Gasteiger partial charge >= 0.3 is 159 Å². The normalized spacial score (nSPS) is 12.6. The molecule has 2 rings (SSSR count). The van der Waals surface area contributed by atoms with Crippen molar-refractivity contribution >= 4 is 0 Å². The Kier molecular flexibility index (Phi) is 6.77. The van der Waals surface area contributed by atoms with Crippen LogP contribution < -0.4 is 0 Å². The molecule has 2 aromatic heterocycles. The second-order valence-corrected chi connectivity index (χ2v) is 12.1. The summed E-state index contributed by atoms with van der Waals surface area (Å²) in [5.74, 6) is 0. The van der Waals surface area contributed by atoms with Crippen LogP contribution in [0.1, 0.15) is 50.5 Å². The summed E-state index contributed by atoms with van der Waals surface area (Å²) in [4.78, 5) is 0. The Balaban J connectivity index is 2.99. The number of hydrogen-bond acceptors (Lipinski definition) is 2. The molecular formula is C20H36N4Ti. The molecule has 4 nitrogen and oxygen atoms in total. The van der Waals surface area contributed by atoms with Crippen molar-refractivity contribution < 1.29 is 17.6 Å². The summed E-state index contributed by atoms with van der Waals surface area (Å²) >= 11 is -3.09. The summed E-state index contributed by atoms with van der Waals surface area (Å²) in [6, 6.07) is 9.15. The number of nitrogens with zero attached hydrogens (tertiary/aromatic N) is 4. The van der Waals surface area contributed by atoms with Crippen molar-refractivity contribution in [3.05, 3.63) is 47.0 Å². The number of hydrogen-bond donors (Lipinski definition) is 0. The van der Waals surface area contributed by atoms with E-state index < -0.39 is 17.6 Å². The molecule has 0 N–H and O–H groups in total. The molecule has 0 aromatic carbocycles. The van der Waals surface area contributed by atoms with Crippen molar-refractivity contribution in [3.8, 4) is 0 Å². The molecule has 0 bridgehead atoms. The molecule has 2 heterocycles. The summed E-state index contributed by atoms with van der Waals surface area (Å²) in [5.41, 5.74) is 5.51. The average molecular weight is 380 g/mol. The number of rotatable bonds is 8. The van der Waals surface area contributed by atoms with Gasteiger partial charge in [0.2, 0.25) is 0 Å². The molecular weight excluding hydrogens is 344 g/mol. The Morgan fingerprint density at radius 1 is 0.600 bits per heavy atom. The first kappa shape index (κ1) is 20.5. The first-order valence-corrected chi connectivity index (χ1v) is 12.5. The van der Waals surface area contributed by atoms with Gasteiger partial charge in [-0.1, -0.05) is 0 Å². The monoisotopic (exact) mass is 380 g/mol. The van der Waals surface area contributed by atoms with E-state index in [0.717, 1.165) is 26.2 Å². The third-order valence-electron chi connectivity index (χ3n) is 5.52. The number of aromatic nitrogens is 2. The molecule has 0 aliphatic rings. The van der Waals surface area contributed by atoms with E-state index in [1.165, 1.54) is 22.8 Å². The van der Waals surface area contributed by atoms with Crippen LogP contribution in [0.5, 0.6) is 0 Å². The van der Waals surface area contributed by atoms with Crippen molar-refractivity contribution in [2.75, 3.05) is 26.2 Å². The number of aryl methyl sites for hydroxylation is 4. The average Bonchev–Trinajstić information content (AvgIpc) is 3.10. The Morgan fingerprint density at radius 2 is 0.840 bits per heavy atom. The van der Waals surface area contributed by atoms with Gasteiger partial charge < -0.3 is 0 Å². The maximum atomic E-state index is 2.77. The second kappa shape index (κ2) is 8.26. The standard InChI is InChI=1S/2C6H8N.2C4H10N.Ti/c2*1-5-3-4-6(2)7-5;2*1-3-5-4-2;/h2*3-4H,1-2H3;2*3-4H2,1-2H3;/q4*-1;+4. The predicted molar refractivity (Wildman–Crippen MR) is 104 cm³/mol. The molecule has 0 saturated heterocycles. The molecule has 0 amide bonds. The molecule has 0 spiro atoms. The van der Waals surface area contributed by atoms with Crippen LogP contribution in [-0.4, -0.2) is 39.0 Å². The quantitative estimate of drug-likeness (QED) is 0.631. The van der Waals surface area contributed by atoms with Crippen LogP contribution in [-0.2, 0) is 17.6 Å². The van der Waals surface area contributed by atoms with Gasteiger partial charge in [0.1, 0.15) is 0 Å². The van der Waals surface area contributed by atoms with Gasteiger partial charge in [-0.15, -0.1) is 0 Å². The first-order chi connectivity index (χ1) is 11.9. The fraction of sp³-hybridized carbons (Fsp3) is 0.600. The van der Waals surface area contributed by atoms with Crippen LogP contribution >= 0.6 is 0 Å². The third-order valence-corrected chi connectivity index (χ3v) is 14.2. The summed E-state index contributed by atoms with van der Waals surface area (Å²) < 4.78 is 11.0. The fourth-order valence-corrected chi connectivity index (χ4v) is 13.2. The fourth-order valence-electron chi connectivity index (χ4n) is 4.44. The molecule has 25 heavy (non-hydrogen) atoms. The van der Waals surface area contributed by atoms with E-state index in [4.69, 9.17) is 0 Å². The van der Waals surface area contributed by atoms with Crippen LogP contribution in [0.2, 0.25) is 0 Å². The predicted octanol–water partition coefficient (Wildman–Crippen LogP) is 4.42.